The molecule has 0 saturated carbocycles. The van der Waals surface area contributed by atoms with Gasteiger partial charge in [0.25, 0.3) is 0 Å². The van der Waals surface area contributed by atoms with Crippen molar-refractivity contribution in [1.29, 1.82) is 0 Å². The molecular formula is C60H40N6. The van der Waals surface area contributed by atoms with E-state index in [2.05, 4.69) is 133 Å². The normalized spacial score (nSPS) is 11.0. The van der Waals surface area contributed by atoms with Crippen LogP contribution in [0.4, 0.5) is 0 Å². The van der Waals surface area contributed by atoms with Gasteiger partial charge in [0, 0.05) is 33.4 Å². The van der Waals surface area contributed by atoms with E-state index in [0.29, 0.717) is 34.9 Å². The maximum absolute atomic E-state index is 5.27. The third kappa shape index (κ3) is 8.42. The summed E-state index contributed by atoms with van der Waals surface area (Å²) in [6.07, 6.45) is 0. The molecule has 0 atom stereocenters. The zero-order chi connectivity index (χ0) is 44.1. The minimum Gasteiger partial charge on any atom is -0.208 e. The molecule has 0 aliphatic rings. The minimum atomic E-state index is 0.590. The molecule has 0 spiro atoms. The summed E-state index contributed by atoms with van der Waals surface area (Å²) in [5.74, 6) is 3.67. The molecule has 9 aromatic carbocycles. The molecule has 2 heterocycles. The molecule has 0 unspecified atom stereocenters. The fourth-order valence-electron chi connectivity index (χ4n) is 8.26. The number of aromatic nitrogens is 6. The SMILES string of the molecule is c1ccc(-c2cc(-c3cccc(-c4cccc(-c5nc(-c6ccccc6)nc(-c6ccccc6)n5)c4)c3)cc(-c3nc(-c4ccccc4)nc(-c4ccccc4-c4ccccc4)n3)c2)cc1. The summed E-state index contributed by atoms with van der Waals surface area (Å²) in [5.41, 5.74) is 14.0. The third-order valence-corrected chi connectivity index (χ3v) is 11.6. The molecule has 6 nitrogen and oxygen atoms in total. The lowest BCUT2D eigenvalue weighted by Gasteiger charge is -2.14. The molecule has 0 saturated heterocycles. The Labute approximate surface area is 383 Å². The van der Waals surface area contributed by atoms with Gasteiger partial charge in [0.2, 0.25) is 0 Å². The van der Waals surface area contributed by atoms with Gasteiger partial charge in [-0.1, -0.05) is 212 Å². The quantitative estimate of drug-likeness (QED) is 0.136. The van der Waals surface area contributed by atoms with E-state index in [1.807, 2.05) is 109 Å². The Balaban J connectivity index is 1.03. The van der Waals surface area contributed by atoms with Crippen LogP contribution in [-0.2, 0) is 0 Å². The number of rotatable bonds is 10. The van der Waals surface area contributed by atoms with Crippen molar-refractivity contribution in [3.8, 4) is 113 Å². The van der Waals surface area contributed by atoms with Crippen LogP contribution in [0.3, 0.4) is 0 Å². The zero-order valence-corrected chi connectivity index (χ0v) is 35.8. The van der Waals surface area contributed by atoms with Gasteiger partial charge >= 0.3 is 0 Å². The summed E-state index contributed by atoms with van der Waals surface area (Å²) in [6.45, 7) is 0. The van der Waals surface area contributed by atoms with Gasteiger partial charge < -0.3 is 0 Å². The topological polar surface area (TPSA) is 77.3 Å². The highest BCUT2D eigenvalue weighted by molar-refractivity contribution is 5.85. The predicted octanol–water partition coefficient (Wildman–Crippen LogP) is 14.7. The van der Waals surface area contributed by atoms with Crippen molar-refractivity contribution >= 4 is 0 Å². The fraction of sp³-hybridized carbons (Fsp3) is 0. The van der Waals surface area contributed by atoms with Crippen LogP contribution in [0.1, 0.15) is 0 Å². The van der Waals surface area contributed by atoms with Crippen LogP contribution in [0.2, 0.25) is 0 Å². The van der Waals surface area contributed by atoms with E-state index >= 15 is 0 Å². The average molecular weight is 845 g/mol. The van der Waals surface area contributed by atoms with Crippen molar-refractivity contribution < 1.29 is 0 Å². The van der Waals surface area contributed by atoms with Crippen LogP contribution in [0.5, 0.6) is 0 Å². The number of hydrogen-bond acceptors (Lipinski definition) is 6. The van der Waals surface area contributed by atoms with E-state index in [9.17, 15) is 0 Å². The molecule has 6 heteroatoms. The van der Waals surface area contributed by atoms with Crippen LogP contribution < -0.4 is 0 Å². The van der Waals surface area contributed by atoms with E-state index in [1.165, 1.54) is 0 Å². The van der Waals surface area contributed by atoms with E-state index in [4.69, 9.17) is 29.9 Å². The molecule has 310 valence electrons. The Morgan fingerprint density at radius 2 is 0.424 bits per heavy atom. The average Bonchev–Trinajstić information content (AvgIpc) is 3.42. The monoisotopic (exact) mass is 844 g/mol. The molecule has 0 aliphatic heterocycles. The van der Waals surface area contributed by atoms with Gasteiger partial charge in [-0.25, -0.2) is 29.9 Å². The largest absolute Gasteiger partial charge is 0.208 e. The number of benzene rings is 9. The second-order valence-corrected chi connectivity index (χ2v) is 15.9. The van der Waals surface area contributed by atoms with Crippen molar-refractivity contribution in [3.63, 3.8) is 0 Å². The molecule has 11 rings (SSSR count). The van der Waals surface area contributed by atoms with Gasteiger partial charge in [0.05, 0.1) is 0 Å². The molecule has 2 aromatic heterocycles. The van der Waals surface area contributed by atoms with Crippen molar-refractivity contribution in [2.24, 2.45) is 0 Å². The van der Waals surface area contributed by atoms with Crippen LogP contribution in [0, 0.1) is 0 Å². The molecule has 0 fully saturated rings. The van der Waals surface area contributed by atoms with Crippen LogP contribution in [0.25, 0.3) is 113 Å². The standard InChI is InChI=1S/C60H40N6/c1-6-20-41(21-7-1)50-38-51(40-52(39-50)59-64-57(45-28-14-5-15-29-45)65-60(66-59)54-35-17-16-34-53(54)42-22-8-2-9-23-42)48-32-18-30-46(36-48)47-31-19-33-49(37-47)58-62-55(43-24-10-3-11-25-43)61-56(63-58)44-26-12-4-13-27-44/h1-40H. The summed E-state index contributed by atoms with van der Waals surface area (Å²) in [5, 5.41) is 0. The summed E-state index contributed by atoms with van der Waals surface area (Å²) < 4.78 is 0. The van der Waals surface area contributed by atoms with E-state index in [1.54, 1.807) is 0 Å². The Morgan fingerprint density at radius 3 is 0.909 bits per heavy atom. The summed E-state index contributed by atoms with van der Waals surface area (Å²) in [4.78, 5) is 30.5. The highest BCUT2D eigenvalue weighted by atomic mass is 15.0. The van der Waals surface area contributed by atoms with Crippen molar-refractivity contribution in [2.75, 3.05) is 0 Å². The van der Waals surface area contributed by atoms with E-state index < -0.39 is 0 Å². The van der Waals surface area contributed by atoms with Crippen molar-refractivity contribution in [2.45, 2.75) is 0 Å². The van der Waals surface area contributed by atoms with Gasteiger partial charge in [-0.05, 0) is 74.8 Å². The molecule has 66 heavy (non-hydrogen) atoms. The first-order chi connectivity index (χ1) is 32.7. The van der Waals surface area contributed by atoms with Crippen LogP contribution >= 0.6 is 0 Å². The maximum atomic E-state index is 5.27. The first kappa shape index (κ1) is 39.8. The Hall–Kier alpha value is -9.00. The van der Waals surface area contributed by atoms with Crippen molar-refractivity contribution in [1.82, 2.24) is 29.9 Å². The molecule has 0 aliphatic carbocycles. The molecule has 0 amide bonds. The van der Waals surface area contributed by atoms with Gasteiger partial charge in [-0.2, -0.15) is 0 Å². The lowest BCUT2D eigenvalue weighted by atomic mass is 9.93. The Bertz CT molecular complexity index is 3400. The summed E-state index contributed by atoms with van der Waals surface area (Å²) in [6, 6.07) is 83.2. The number of hydrogen-bond donors (Lipinski definition) is 0. The molecule has 0 radical (unpaired) electrons. The second-order valence-electron chi connectivity index (χ2n) is 15.9. The smallest absolute Gasteiger partial charge is 0.164 e. The Morgan fingerprint density at radius 1 is 0.152 bits per heavy atom. The first-order valence-electron chi connectivity index (χ1n) is 21.9. The van der Waals surface area contributed by atoms with Gasteiger partial charge in [-0.3, -0.25) is 0 Å². The molecule has 0 bridgehead atoms. The molecule has 0 N–H and O–H groups in total. The maximum Gasteiger partial charge on any atom is 0.164 e. The van der Waals surface area contributed by atoms with E-state index in [0.717, 1.165) is 77.9 Å². The van der Waals surface area contributed by atoms with Crippen LogP contribution in [-0.4, -0.2) is 29.9 Å². The van der Waals surface area contributed by atoms with Gasteiger partial charge in [-0.15, -0.1) is 0 Å². The van der Waals surface area contributed by atoms with Gasteiger partial charge in [0.15, 0.2) is 34.9 Å². The van der Waals surface area contributed by atoms with Crippen molar-refractivity contribution in [3.05, 3.63) is 243 Å². The highest BCUT2D eigenvalue weighted by Crippen LogP contribution is 2.37. The Kier molecular flexibility index (Phi) is 10.9. The zero-order valence-electron chi connectivity index (χ0n) is 35.8. The lowest BCUT2D eigenvalue weighted by Crippen LogP contribution is -2.01. The third-order valence-electron chi connectivity index (χ3n) is 11.6. The van der Waals surface area contributed by atoms with E-state index in [-0.39, 0.29) is 0 Å². The highest BCUT2D eigenvalue weighted by Gasteiger charge is 2.18. The summed E-state index contributed by atoms with van der Waals surface area (Å²) in [7, 11) is 0. The lowest BCUT2D eigenvalue weighted by molar-refractivity contribution is 1.07. The predicted molar refractivity (Wildman–Crippen MR) is 268 cm³/mol. The molecular weight excluding hydrogens is 805 g/mol. The summed E-state index contributed by atoms with van der Waals surface area (Å²) >= 11 is 0. The number of nitrogens with zero attached hydrogens (tertiary/aromatic N) is 6. The van der Waals surface area contributed by atoms with Gasteiger partial charge in [0.1, 0.15) is 0 Å². The first-order valence-corrected chi connectivity index (χ1v) is 21.9. The van der Waals surface area contributed by atoms with Crippen LogP contribution in [0.15, 0.2) is 243 Å². The fourth-order valence-corrected chi connectivity index (χ4v) is 8.26. The minimum absolute atomic E-state index is 0.590. The second kappa shape index (κ2) is 18.0. The molecule has 11 aromatic rings.